The highest BCUT2D eigenvalue weighted by molar-refractivity contribution is 5.82. The van der Waals surface area contributed by atoms with E-state index in [9.17, 15) is 9.18 Å². The van der Waals surface area contributed by atoms with Crippen molar-refractivity contribution in [2.45, 2.75) is 63.7 Å². The molecular formula is C29H39FN4O3. The highest BCUT2D eigenvalue weighted by Crippen LogP contribution is 2.32. The summed E-state index contributed by atoms with van der Waals surface area (Å²) >= 11 is 0. The summed E-state index contributed by atoms with van der Waals surface area (Å²) in [5, 5.41) is 6.72. The van der Waals surface area contributed by atoms with Gasteiger partial charge in [-0.1, -0.05) is 31.2 Å². The van der Waals surface area contributed by atoms with E-state index < -0.39 is 0 Å². The second kappa shape index (κ2) is 12.2. The van der Waals surface area contributed by atoms with E-state index in [4.69, 9.17) is 9.47 Å². The second-order valence-corrected chi connectivity index (χ2v) is 10.4. The summed E-state index contributed by atoms with van der Waals surface area (Å²) in [6.45, 7) is 7.65. The van der Waals surface area contributed by atoms with Gasteiger partial charge < -0.3 is 25.0 Å². The van der Waals surface area contributed by atoms with Gasteiger partial charge in [0.1, 0.15) is 5.82 Å². The first-order valence-corrected chi connectivity index (χ1v) is 13.7. The molecule has 1 amide bonds. The van der Waals surface area contributed by atoms with Gasteiger partial charge in [-0.15, -0.1) is 0 Å². The maximum absolute atomic E-state index is 14.2. The molecule has 2 fully saturated rings. The number of likely N-dealkylation sites (tertiary alicyclic amines) is 2. The zero-order chi connectivity index (χ0) is 25.6. The van der Waals surface area contributed by atoms with Gasteiger partial charge in [0, 0.05) is 37.3 Å². The number of rotatable bonds is 10. The number of ether oxygens (including phenoxy) is 2. The van der Waals surface area contributed by atoms with Crippen LogP contribution in [-0.2, 0) is 17.8 Å². The Morgan fingerprint density at radius 2 is 1.92 bits per heavy atom. The maximum atomic E-state index is 14.2. The van der Waals surface area contributed by atoms with Crippen molar-refractivity contribution < 1.29 is 18.7 Å². The molecular weight excluding hydrogens is 471 g/mol. The van der Waals surface area contributed by atoms with E-state index in [-0.39, 0.29) is 30.6 Å². The molecule has 8 heteroatoms. The molecule has 7 nitrogen and oxygen atoms in total. The predicted molar refractivity (Wildman–Crippen MR) is 141 cm³/mol. The van der Waals surface area contributed by atoms with Crippen molar-refractivity contribution in [3.8, 4) is 11.5 Å². The van der Waals surface area contributed by atoms with E-state index in [0.717, 1.165) is 68.9 Å². The van der Waals surface area contributed by atoms with Crippen molar-refractivity contribution in [1.82, 2.24) is 20.4 Å². The predicted octanol–water partition coefficient (Wildman–Crippen LogP) is 3.32. The lowest BCUT2D eigenvalue weighted by atomic mass is 10.0. The van der Waals surface area contributed by atoms with Gasteiger partial charge in [0.05, 0.1) is 6.04 Å². The van der Waals surface area contributed by atoms with Crippen LogP contribution < -0.4 is 20.1 Å². The normalized spacial score (nSPS) is 22.4. The van der Waals surface area contributed by atoms with Gasteiger partial charge in [-0.25, -0.2) is 4.39 Å². The third kappa shape index (κ3) is 6.43. The minimum atomic E-state index is -0.189. The Labute approximate surface area is 219 Å². The number of benzene rings is 2. The molecule has 0 aliphatic carbocycles. The fraction of sp³-hybridized carbons (Fsp3) is 0.552. The van der Waals surface area contributed by atoms with Crippen molar-refractivity contribution in [2.75, 3.05) is 39.5 Å². The maximum Gasteiger partial charge on any atom is 0.237 e. The largest absolute Gasteiger partial charge is 0.454 e. The number of piperidine rings is 1. The zero-order valence-electron chi connectivity index (χ0n) is 21.8. The Morgan fingerprint density at radius 3 is 2.73 bits per heavy atom. The number of carbonyl (C=O) groups is 1. The van der Waals surface area contributed by atoms with Crippen LogP contribution in [0.1, 0.15) is 43.7 Å². The third-order valence-corrected chi connectivity index (χ3v) is 7.90. The van der Waals surface area contributed by atoms with E-state index >= 15 is 0 Å². The zero-order valence-corrected chi connectivity index (χ0v) is 21.8. The van der Waals surface area contributed by atoms with E-state index in [1.807, 2.05) is 30.3 Å². The molecule has 5 rings (SSSR count). The van der Waals surface area contributed by atoms with Crippen molar-refractivity contribution in [3.63, 3.8) is 0 Å². The monoisotopic (exact) mass is 510 g/mol. The summed E-state index contributed by atoms with van der Waals surface area (Å²) in [6, 6.07) is 13.2. The first kappa shape index (κ1) is 25.9. The molecule has 0 aromatic heterocycles. The van der Waals surface area contributed by atoms with Gasteiger partial charge in [-0.3, -0.25) is 9.69 Å². The Bertz CT molecular complexity index is 1060. The van der Waals surface area contributed by atoms with Gasteiger partial charge >= 0.3 is 0 Å². The molecule has 0 spiro atoms. The highest BCUT2D eigenvalue weighted by atomic mass is 19.1. The number of nitrogens with one attached hydrogen (secondary N) is 2. The lowest BCUT2D eigenvalue weighted by Crippen LogP contribution is -2.51. The molecule has 2 N–H and O–H groups in total. The summed E-state index contributed by atoms with van der Waals surface area (Å²) in [7, 11) is 0. The van der Waals surface area contributed by atoms with Crippen LogP contribution in [0.5, 0.6) is 11.5 Å². The quantitative estimate of drug-likeness (QED) is 0.511. The van der Waals surface area contributed by atoms with Crippen molar-refractivity contribution >= 4 is 5.91 Å². The minimum absolute atomic E-state index is 0.0897. The average molecular weight is 511 g/mol. The number of carbonyl (C=O) groups excluding carboxylic acids is 1. The molecule has 0 unspecified atom stereocenters. The molecule has 2 saturated heterocycles. The Balaban J connectivity index is 1.19. The molecule has 2 aromatic carbocycles. The molecule has 200 valence electrons. The van der Waals surface area contributed by atoms with Crippen LogP contribution in [0.4, 0.5) is 4.39 Å². The minimum Gasteiger partial charge on any atom is -0.454 e. The summed E-state index contributed by atoms with van der Waals surface area (Å²) in [5.41, 5.74) is 1.78. The Morgan fingerprint density at radius 1 is 1.11 bits per heavy atom. The fourth-order valence-corrected chi connectivity index (χ4v) is 5.90. The van der Waals surface area contributed by atoms with E-state index in [1.54, 1.807) is 6.07 Å². The Hall–Kier alpha value is -2.68. The number of amides is 1. The molecule has 2 aromatic rings. The third-order valence-electron chi connectivity index (χ3n) is 7.90. The summed E-state index contributed by atoms with van der Waals surface area (Å²) < 4.78 is 25.0. The fourth-order valence-electron chi connectivity index (χ4n) is 5.90. The molecule has 2 atom stereocenters. The van der Waals surface area contributed by atoms with Crippen molar-refractivity contribution in [1.29, 1.82) is 0 Å². The van der Waals surface area contributed by atoms with Crippen LogP contribution in [0.3, 0.4) is 0 Å². The van der Waals surface area contributed by atoms with Gasteiger partial charge in [0.25, 0.3) is 0 Å². The Kier molecular flexibility index (Phi) is 8.59. The molecule has 0 bridgehead atoms. The van der Waals surface area contributed by atoms with Crippen molar-refractivity contribution in [3.05, 3.63) is 59.4 Å². The van der Waals surface area contributed by atoms with Crippen LogP contribution in [0.25, 0.3) is 0 Å². The SMILES string of the molecule is CCCN1CCC(N2C[C@@H](NCc3ccccc3F)C[C@H]2C(=O)NCCc2ccc3c(c2)OCO3)CC1. The number of nitrogens with zero attached hydrogens (tertiary/aromatic N) is 2. The van der Waals surface area contributed by atoms with E-state index in [1.165, 1.54) is 12.5 Å². The molecule has 3 aliphatic rings. The number of halogens is 1. The lowest BCUT2D eigenvalue weighted by molar-refractivity contribution is -0.126. The number of fused-ring (bicyclic) bond motifs is 1. The number of hydrogen-bond donors (Lipinski definition) is 2. The van der Waals surface area contributed by atoms with Gasteiger partial charge in [-0.2, -0.15) is 0 Å². The summed E-state index contributed by atoms with van der Waals surface area (Å²) in [4.78, 5) is 18.4. The topological polar surface area (TPSA) is 66.1 Å². The molecule has 0 saturated carbocycles. The first-order valence-electron chi connectivity index (χ1n) is 13.7. The molecule has 37 heavy (non-hydrogen) atoms. The second-order valence-electron chi connectivity index (χ2n) is 10.4. The van der Waals surface area contributed by atoms with Crippen LogP contribution >= 0.6 is 0 Å². The van der Waals surface area contributed by atoms with Crippen LogP contribution in [0.2, 0.25) is 0 Å². The van der Waals surface area contributed by atoms with E-state index in [0.29, 0.717) is 24.7 Å². The van der Waals surface area contributed by atoms with Crippen LogP contribution in [0, 0.1) is 5.82 Å². The van der Waals surface area contributed by atoms with Gasteiger partial charge in [-0.05, 0) is 75.5 Å². The van der Waals surface area contributed by atoms with Crippen LogP contribution in [0.15, 0.2) is 42.5 Å². The average Bonchev–Trinajstić information content (AvgIpc) is 3.56. The molecule has 3 heterocycles. The van der Waals surface area contributed by atoms with Crippen molar-refractivity contribution in [2.24, 2.45) is 0 Å². The smallest absolute Gasteiger partial charge is 0.237 e. The first-order chi connectivity index (χ1) is 18.1. The van der Waals surface area contributed by atoms with Crippen LogP contribution in [-0.4, -0.2) is 73.3 Å². The van der Waals surface area contributed by atoms with Gasteiger partial charge in [0.2, 0.25) is 12.7 Å². The number of hydrogen-bond acceptors (Lipinski definition) is 6. The summed E-state index contributed by atoms with van der Waals surface area (Å²) in [6.07, 6.45) is 4.81. The highest BCUT2D eigenvalue weighted by Gasteiger charge is 2.41. The summed E-state index contributed by atoms with van der Waals surface area (Å²) in [5.74, 6) is 1.44. The molecule has 0 radical (unpaired) electrons. The lowest BCUT2D eigenvalue weighted by Gasteiger charge is -2.39. The van der Waals surface area contributed by atoms with Gasteiger partial charge in [0.15, 0.2) is 11.5 Å². The molecule has 3 aliphatic heterocycles. The standard InChI is InChI=1S/C29H39FN4O3/c1-2-13-33-14-10-24(11-15-33)34-19-23(32-18-22-5-3-4-6-25(22)30)17-26(34)29(35)31-12-9-21-7-8-27-28(16-21)37-20-36-27/h3-8,16,23-24,26,32H,2,9-15,17-20H2,1H3,(H,31,35)/t23-,26-/m0/s1. The van der Waals surface area contributed by atoms with E-state index in [2.05, 4.69) is 27.4 Å².